The summed E-state index contributed by atoms with van der Waals surface area (Å²) in [6.45, 7) is 2.63. The highest BCUT2D eigenvalue weighted by Crippen LogP contribution is 2.27. The van der Waals surface area contributed by atoms with Crippen molar-refractivity contribution in [1.29, 1.82) is 0 Å². The van der Waals surface area contributed by atoms with E-state index in [4.69, 9.17) is 11.6 Å². The van der Waals surface area contributed by atoms with E-state index in [2.05, 4.69) is 51.2 Å². The Morgan fingerprint density at radius 2 is 1.64 bits per heavy atom. The monoisotopic (exact) mass is 486 g/mol. The van der Waals surface area contributed by atoms with Crippen molar-refractivity contribution in [2.24, 2.45) is 0 Å². The quantitative estimate of drug-likeness (QED) is 0.419. The van der Waals surface area contributed by atoms with Crippen LogP contribution in [0.15, 0.2) is 53.7 Å². The Kier molecular flexibility index (Phi) is 8.40. The van der Waals surface area contributed by atoms with Gasteiger partial charge in [0.1, 0.15) is 0 Å². The summed E-state index contributed by atoms with van der Waals surface area (Å²) < 4.78 is 2.00. The van der Waals surface area contributed by atoms with Gasteiger partial charge in [-0.3, -0.25) is 14.3 Å². The summed E-state index contributed by atoms with van der Waals surface area (Å²) in [6.07, 6.45) is 0. The molecule has 0 spiro atoms. The lowest BCUT2D eigenvalue weighted by molar-refractivity contribution is -0.127. The number of thioether (sulfide) groups is 1. The molecule has 3 aromatic rings. The van der Waals surface area contributed by atoms with Crippen LogP contribution in [0, 0.1) is 0 Å². The van der Waals surface area contributed by atoms with Crippen molar-refractivity contribution < 1.29 is 4.79 Å². The number of carbonyl (C=O) groups is 1. The van der Waals surface area contributed by atoms with Gasteiger partial charge >= 0.3 is 0 Å². The minimum Gasteiger partial charge on any atom is -0.378 e. The molecule has 0 saturated carbocycles. The number of halogens is 1. The van der Waals surface area contributed by atoms with E-state index >= 15 is 0 Å². The van der Waals surface area contributed by atoms with Crippen molar-refractivity contribution >= 4 is 35.0 Å². The van der Waals surface area contributed by atoms with Crippen LogP contribution in [0.1, 0.15) is 24.4 Å². The molecule has 1 unspecified atom stereocenters. The molecule has 3 rings (SSSR count). The number of benzene rings is 2. The van der Waals surface area contributed by atoms with E-state index in [-0.39, 0.29) is 17.7 Å². The van der Waals surface area contributed by atoms with Crippen molar-refractivity contribution in [3.05, 3.63) is 64.9 Å². The number of hydrogen-bond donors (Lipinski definition) is 0. The van der Waals surface area contributed by atoms with Crippen LogP contribution < -0.4 is 4.90 Å². The molecule has 0 aliphatic heterocycles. The SMILES string of the molecule is CC(c1nnc(SCC(=O)N(C)Cc2ccc(N(C)C)cc2)n1-c1ccc(Cl)cc1)N(C)C. The van der Waals surface area contributed by atoms with Gasteiger partial charge in [-0.25, -0.2) is 0 Å². The molecule has 7 nitrogen and oxygen atoms in total. The second-order valence-corrected chi connectivity index (χ2v) is 9.77. The molecule has 9 heteroatoms. The number of hydrogen-bond acceptors (Lipinski definition) is 6. The Bertz CT molecular complexity index is 1070. The van der Waals surface area contributed by atoms with Gasteiger partial charge in [0.2, 0.25) is 5.91 Å². The standard InChI is InChI=1S/C24H31ClN6OS/c1-17(28(2)3)23-26-27-24(31(23)21-13-9-19(25)10-14-21)33-16-22(32)30(6)15-18-7-11-20(12-8-18)29(4)5/h7-14,17H,15-16H2,1-6H3. The highest BCUT2D eigenvalue weighted by atomic mass is 35.5. The molecule has 0 aliphatic rings. The second-order valence-electron chi connectivity index (χ2n) is 8.39. The van der Waals surface area contributed by atoms with Crippen LogP contribution in [-0.2, 0) is 11.3 Å². The first-order valence-corrected chi connectivity index (χ1v) is 12.0. The van der Waals surface area contributed by atoms with Crippen LogP contribution in [0.4, 0.5) is 5.69 Å². The molecule has 176 valence electrons. The lowest BCUT2D eigenvalue weighted by Gasteiger charge is -2.21. The Labute approximate surface area is 205 Å². The number of aromatic nitrogens is 3. The molecule has 0 bridgehead atoms. The first-order valence-electron chi connectivity index (χ1n) is 10.7. The van der Waals surface area contributed by atoms with Gasteiger partial charge in [-0.05, 0) is 63.0 Å². The van der Waals surface area contributed by atoms with Gasteiger partial charge in [-0.15, -0.1) is 10.2 Å². The first kappa shape index (κ1) is 25.1. The molecular formula is C24H31ClN6OS. The number of carbonyl (C=O) groups excluding carboxylic acids is 1. The molecule has 1 heterocycles. The Morgan fingerprint density at radius 3 is 2.21 bits per heavy atom. The van der Waals surface area contributed by atoms with Crippen LogP contribution in [0.3, 0.4) is 0 Å². The van der Waals surface area contributed by atoms with Gasteiger partial charge in [-0.1, -0.05) is 35.5 Å². The molecule has 0 saturated heterocycles. The second kappa shape index (κ2) is 11.0. The number of anilines is 1. The smallest absolute Gasteiger partial charge is 0.233 e. The van der Waals surface area contributed by atoms with Crippen LogP contribution in [0.5, 0.6) is 0 Å². The lowest BCUT2D eigenvalue weighted by Crippen LogP contribution is -2.28. The molecule has 33 heavy (non-hydrogen) atoms. The number of rotatable bonds is 9. The third kappa shape index (κ3) is 6.28. The molecule has 0 fully saturated rings. The van der Waals surface area contributed by atoms with E-state index in [1.165, 1.54) is 11.8 Å². The van der Waals surface area contributed by atoms with Gasteiger partial charge in [0.05, 0.1) is 11.8 Å². The van der Waals surface area contributed by atoms with E-state index < -0.39 is 0 Å². The summed E-state index contributed by atoms with van der Waals surface area (Å²) in [6, 6.07) is 15.8. The number of nitrogens with zero attached hydrogens (tertiary/aromatic N) is 6. The summed E-state index contributed by atoms with van der Waals surface area (Å²) in [5.74, 6) is 1.12. The third-order valence-electron chi connectivity index (χ3n) is 5.51. The van der Waals surface area contributed by atoms with E-state index in [0.717, 1.165) is 22.8 Å². The Hall–Kier alpha value is -2.55. The summed E-state index contributed by atoms with van der Waals surface area (Å²) in [7, 11) is 9.85. The molecular weight excluding hydrogens is 456 g/mol. The van der Waals surface area contributed by atoms with Crippen molar-refractivity contribution in [3.8, 4) is 5.69 Å². The highest BCUT2D eigenvalue weighted by Gasteiger charge is 2.22. The topological polar surface area (TPSA) is 57.5 Å². The average Bonchev–Trinajstić information content (AvgIpc) is 3.21. The minimum atomic E-state index is 0.0320. The Balaban J connectivity index is 1.73. The Morgan fingerprint density at radius 1 is 1.00 bits per heavy atom. The highest BCUT2D eigenvalue weighted by molar-refractivity contribution is 7.99. The van der Waals surface area contributed by atoms with Gasteiger partial charge < -0.3 is 9.80 Å². The zero-order chi connectivity index (χ0) is 24.1. The van der Waals surface area contributed by atoms with E-state index in [1.54, 1.807) is 4.90 Å². The fourth-order valence-electron chi connectivity index (χ4n) is 3.21. The molecule has 2 aromatic carbocycles. The van der Waals surface area contributed by atoms with Crippen molar-refractivity contribution in [2.45, 2.75) is 24.7 Å². The van der Waals surface area contributed by atoms with Gasteiger partial charge in [0.25, 0.3) is 0 Å². The van der Waals surface area contributed by atoms with Crippen molar-refractivity contribution in [3.63, 3.8) is 0 Å². The molecule has 0 aliphatic carbocycles. The summed E-state index contributed by atoms with van der Waals surface area (Å²) in [4.78, 5) is 18.7. The molecule has 1 atom stereocenters. The number of amides is 1. The van der Waals surface area contributed by atoms with Gasteiger partial charge in [-0.2, -0.15) is 0 Å². The predicted octanol–water partition coefficient (Wildman–Crippen LogP) is 4.36. The van der Waals surface area contributed by atoms with E-state index in [0.29, 0.717) is 16.7 Å². The van der Waals surface area contributed by atoms with Crippen LogP contribution in [0.25, 0.3) is 5.69 Å². The van der Waals surface area contributed by atoms with Crippen molar-refractivity contribution in [1.82, 2.24) is 24.6 Å². The summed E-state index contributed by atoms with van der Waals surface area (Å²) in [5, 5.41) is 10.2. The molecule has 0 N–H and O–H groups in total. The largest absolute Gasteiger partial charge is 0.378 e. The predicted molar refractivity (Wildman–Crippen MR) is 136 cm³/mol. The summed E-state index contributed by atoms with van der Waals surface area (Å²) >= 11 is 7.48. The van der Waals surface area contributed by atoms with Crippen LogP contribution in [-0.4, -0.2) is 71.5 Å². The van der Waals surface area contributed by atoms with Crippen molar-refractivity contribution in [2.75, 3.05) is 45.9 Å². The van der Waals surface area contributed by atoms with Gasteiger partial charge in [0, 0.05) is 44.1 Å². The average molecular weight is 487 g/mol. The maximum atomic E-state index is 12.9. The van der Waals surface area contributed by atoms with E-state index in [9.17, 15) is 4.79 Å². The normalized spacial score (nSPS) is 12.1. The van der Waals surface area contributed by atoms with E-state index in [1.807, 2.05) is 64.1 Å². The first-order chi connectivity index (χ1) is 15.7. The maximum Gasteiger partial charge on any atom is 0.233 e. The maximum absolute atomic E-state index is 12.9. The molecule has 1 aromatic heterocycles. The van der Waals surface area contributed by atoms with Crippen LogP contribution in [0.2, 0.25) is 5.02 Å². The summed E-state index contributed by atoms with van der Waals surface area (Å²) in [5.41, 5.74) is 3.14. The fraction of sp³-hybridized carbons (Fsp3) is 0.375. The minimum absolute atomic E-state index is 0.0320. The third-order valence-corrected chi connectivity index (χ3v) is 6.68. The zero-order valence-corrected chi connectivity index (χ0v) is 21.6. The zero-order valence-electron chi connectivity index (χ0n) is 20.0. The van der Waals surface area contributed by atoms with Crippen LogP contribution >= 0.6 is 23.4 Å². The molecule has 0 radical (unpaired) electrons. The van der Waals surface area contributed by atoms with Gasteiger partial charge in [0.15, 0.2) is 11.0 Å². The molecule has 1 amide bonds. The fourth-order valence-corrected chi connectivity index (χ4v) is 4.23. The lowest BCUT2D eigenvalue weighted by atomic mass is 10.2.